The van der Waals surface area contributed by atoms with Crippen LogP contribution in [0.15, 0.2) is 0 Å². The molecule has 1 nitrogen and oxygen atoms in total. The summed E-state index contributed by atoms with van der Waals surface area (Å²) in [6.45, 7) is 1.83. The molecule has 2 rings (SSSR count). The van der Waals surface area contributed by atoms with Gasteiger partial charge in [-0.05, 0) is 30.6 Å². The number of hydrogen-bond donors (Lipinski definition) is 0. The third-order valence-electron chi connectivity index (χ3n) is 3.37. The number of alkyl halides is 1. The Morgan fingerprint density at radius 1 is 1.14 bits per heavy atom. The van der Waals surface area contributed by atoms with Crippen molar-refractivity contribution in [2.75, 3.05) is 18.5 Å². The minimum Gasteiger partial charge on any atom is -0.380 e. The Balaban J connectivity index is 1.71. The SMILES string of the molecule is BrCCOCC1C2CCC#CCCC21. The van der Waals surface area contributed by atoms with Crippen molar-refractivity contribution < 1.29 is 4.74 Å². The Kier molecular flexibility index (Phi) is 3.89. The fourth-order valence-corrected chi connectivity index (χ4v) is 2.79. The summed E-state index contributed by atoms with van der Waals surface area (Å²) < 4.78 is 5.59. The van der Waals surface area contributed by atoms with Gasteiger partial charge in [0.1, 0.15) is 0 Å². The lowest BCUT2D eigenvalue weighted by atomic mass is 10.1. The van der Waals surface area contributed by atoms with E-state index in [1.54, 1.807) is 0 Å². The molecule has 0 bridgehead atoms. The topological polar surface area (TPSA) is 9.23 Å². The molecular weight excluding hydrogens is 240 g/mol. The van der Waals surface area contributed by atoms with Crippen molar-refractivity contribution >= 4 is 15.9 Å². The van der Waals surface area contributed by atoms with Crippen LogP contribution in [0.3, 0.4) is 0 Å². The Hall–Kier alpha value is 0. The second kappa shape index (κ2) is 5.19. The molecule has 1 fully saturated rings. The molecule has 0 spiro atoms. The summed E-state index contributed by atoms with van der Waals surface area (Å²) in [6, 6.07) is 0. The van der Waals surface area contributed by atoms with Gasteiger partial charge in [0.25, 0.3) is 0 Å². The maximum absolute atomic E-state index is 5.59. The van der Waals surface area contributed by atoms with Gasteiger partial charge in [0.05, 0.1) is 6.61 Å². The van der Waals surface area contributed by atoms with Crippen LogP contribution in [0.1, 0.15) is 25.7 Å². The largest absolute Gasteiger partial charge is 0.380 e. The second-order valence-corrected chi connectivity index (χ2v) is 4.98. The van der Waals surface area contributed by atoms with Gasteiger partial charge in [-0.25, -0.2) is 0 Å². The van der Waals surface area contributed by atoms with Crippen LogP contribution in [0.2, 0.25) is 0 Å². The van der Waals surface area contributed by atoms with E-state index in [9.17, 15) is 0 Å². The predicted molar refractivity (Wildman–Crippen MR) is 61.3 cm³/mol. The molecule has 0 amide bonds. The van der Waals surface area contributed by atoms with Crippen LogP contribution >= 0.6 is 15.9 Å². The van der Waals surface area contributed by atoms with E-state index in [4.69, 9.17) is 4.74 Å². The monoisotopic (exact) mass is 256 g/mol. The lowest BCUT2D eigenvalue weighted by Crippen LogP contribution is -2.01. The van der Waals surface area contributed by atoms with E-state index in [-0.39, 0.29) is 0 Å². The molecule has 0 N–H and O–H groups in total. The quantitative estimate of drug-likeness (QED) is 0.427. The van der Waals surface area contributed by atoms with E-state index < -0.39 is 0 Å². The average molecular weight is 257 g/mol. The molecule has 0 heterocycles. The van der Waals surface area contributed by atoms with Gasteiger partial charge in [0.2, 0.25) is 0 Å². The first-order chi connectivity index (χ1) is 6.93. The zero-order chi connectivity index (χ0) is 9.80. The molecule has 0 aromatic carbocycles. The standard InChI is InChI=1S/C12H17BrO/c13-7-8-14-9-12-10-5-3-1-2-4-6-11(10)12/h10-12H,3-9H2. The molecule has 2 aliphatic carbocycles. The maximum Gasteiger partial charge on any atom is 0.0563 e. The van der Waals surface area contributed by atoms with Crippen LogP contribution in [-0.2, 0) is 4.74 Å². The van der Waals surface area contributed by atoms with Gasteiger partial charge in [0, 0.05) is 24.8 Å². The highest BCUT2D eigenvalue weighted by Gasteiger charge is 2.48. The summed E-state index contributed by atoms with van der Waals surface area (Å²) in [5.74, 6) is 9.17. The number of halogens is 1. The fraction of sp³-hybridized carbons (Fsp3) is 0.833. The van der Waals surface area contributed by atoms with Gasteiger partial charge >= 0.3 is 0 Å². The molecular formula is C12H17BrO. The Labute approximate surface area is 94.7 Å². The van der Waals surface area contributed by atoms with Gasteiger partial charge in [-0.2, -0.15) is 0 Å². The molecule has 78 valence electrons. The van der Waals surface area contributed by atoms with E-state index in [2.05, 4.69) is 27.8 Å². The Bertz CT molecular complexity index is 222. The first kappa shape index (κ1) is 10.5. The normalized spacial score (nSPS) is 34.8. The van der Waals surface area contributed by atoms with Crippen molar-refractivity contribution in [3.63, 3.8) is 0 Å². The summed E-state index contributed by atoms with van der Waals surface area (Å²) in [5.41, 5.74) is 0. The third kappa shape index (κ3) is 2.52. The van der Waals surface area contributed by atoms with Crippen molar-refractivity contribution in [3.05, 3.63) is 0 Å². The third-order valence-corrected chi connectivity index (χ3v) is 3.69. The smallest absolute Gasteiger partial charge is 0.0563 e. The Morgan fingerprint density at radius 2 is 1.79 bits per heavy atom. The summed E-state index contributed by atoms with van der Waals surface area (Å²) in [5, 5.41) is 0.957. The van der Waals surface area contributed by atoms with Crippen molar-refractivity contribution in [2.45, 2.75) is 25.7 Å². The van der Waals surface area contributed by atoms with Gasteiger partial charge in [0.15, 0.2) is 0 Å². The molecule has 1 saturated carbocycles. The summed E-state index contributed by atoms with van der Waals surface area (Å²) in [6.07, 6.45) is 4.83. The van der Waals surface area contributed by atoms with Crippen LogP contribution in [0.5, 0.6) is 0 Å². The molecule has 0 aliphatic heterocycles. The van der Waals surface area contributed by atoms with Crippen molar-refractivity contribution in [3.8, 4) is 11.8 Å². The highest BCUT2D eigenvalue weighted by Crippen LogP contribution is 2.52. The highest BCUT2D eigenvalue weighted by atomic mass is 79.9. The van der Waals surface area contributed by atoms with Crippen molar-refractivity contribution in [2.24, 2.45) is 17.8 Å². The molecule has 2 atom stereocenters. The van der Waals surface area contributed by atoms with E-state index in [0.717, 1.165) is 49.1 Å². The highest BCUT2D eigenvalue weighted by molar-refractivity contribution is 9.09. The molecule has 0 aromatic rings. The first-order valence-electron chi connectivity index (χ1n) is 5.53. The average Bonchev–Trinajstić information content (AvgIpc) is 2.76. The molecule has 0 aromatic heterocycles. The van der Waals surface area contributed by atoms with E-state index in [1.807, 2.05) is 0 Å². The minimum absolute atomic E-state index is 0.843. The number of fused-ring (bicyclic) bond motifs is 1. The number of ether oxygens (including phenoxy) is 1. The summed E-state index contributed by atoms with van der Waals surface area (Å²) in [4.78, 5) is 0. The fourth-order valence-electron chi connectivity index (χ4n) is 2.56. The van der Waals surface area contributed by atoms with E-state index in [1.165, 1.54) is 12.8 Å². The molecule has 2 heteroatoms. The molecule has 0 radical (unpaired) electrons. The van der Waals surface area contributed by atoms with Crippen LogP contribution in [0, 0.1) is 29.6 Å². The lowest BCUT2D eigenvalue weighted by Gasteiger charge is -1.99. The second-order valence-electron chi connectivity index (χ2n) is 4.19. The van der Waals surface area contributed by atoms with Crippen LogP contribution < -0.4 is 0 Å². The predicted octanol–water partition coefficient (Wildman–Crippen LogP) is 2.84. The van der Waals surface area contributed by atoms with Crippen LogP contribution in [-0.4, -0.2) is 18.5 Å². The molecule has 0 saturated heterocycles. The van der Waals surface area contributed by atoms with Crippen molar-refractivity contribution in [1.82, 2.24) is 0 Å². The number of hydrogen-bond acceptors (Lipinski definition) is 1. The van der Waals surface area contributed by atoms with E-state index >= 15 is 0 Å². The van der Waals surface area contributed by atoms with Crippen LogP contribution in [0.4, 0.5) is 0 Å². The van der Waals surface area contributed by atoms with Crippen LogP contribution in [0.25, 0.3) is 0 Å². The molecule has 14 heavy (non-hydrogen) atoms. The van der Waals surface area contributed by atoms with Gasteiger partial charge < -0.3 is 4.74 Å². The van der Waals surface area contributed by atoms with E-state index in [0.29, 0.717) is 0 Å². The zero-order valence-electron chi connectivity index (χ0n) is 8.47. The summed E-state index contributed by atoms with van der Waals surface area (Å²) >= 11 is 3.38. The van der Waals surface area contributed by atoms with Gasteiger partial charge in [-0.3, -0.25) is 0 Å². The number of rotatable bonds is 4. The van der Waals surface area contributed by atoms with Gasteiger partial charge in [-0.15, -0.1) is 11.8 Å². The summed E-state index contributed by atoms with van der Waals surface area (Å²) in [7, 11) is 0. The maximum atomic E-state index is 5.59. The first-order valence-corrected chi connectivity index (χ1v) is 6.65. The zero-order valence-corrected chi connectivity index (χ0v) is 10.1. The molecule has 2 unspecified atom stereocenters. The van der Waals surface area contributed by atoms with Crippen molar-refractivity contribution in [1.29, 1.82) is 0 Å². The lowest BCUT2D eigenvalue weighted by molar-refractivity contribution is 0.133. The Morgan fingerprint density at radius 3 is 2.36 bits per heavy atom. The van der Waals surface area contributed by atoms with Gasteiger partial charge in [-0.1, -0.05) is 15.9 Å². The molecule has 2 aliphatic rings. The minimum atomic E-state index is 0.843.